The average Bonchev–Trinajstić information content (AvgIpc) is 2.95. The minimum absolute atomic E-state index is 0.00683. The first-order valence-corrected chi connectivity index (χ1v) is 9.51. The van der Waals surface area contributed by atoms with Gasteiger partial charge in [0, 0.05) is 36.6 Å². The Labute approximate surface area is 164 Å². The maximum atomic E-state index is 12.3. The number of rotatable bonds is 6. The molecule has 1 amide bonds. The largest absolute Gasteiger partial charge is 0.497 e. The summed E-state index contributed by atoms with van der Waals surface area (Å²) in [5.41, 5.74) is 2.04. The summed E-state index contributed by atoms with van der Waals surface area (Å²) in [5.74, 6) is 2.30. The van der Waals surface area contributed by atoms with Gasteiger partial charge in [0.05, 0.1) is 26.7 Å². The van der Waals surface area contributed by atoms with Crippen molar-refractivity contribution in [2.24, 2.45) is 0 Å². The van der Waals surface area contributed by atoms with Crippen LogP contribution < -0.4 is 19.5 Å². The van der Waals surface area contributed by atoms with Gasteiger partial charge in [-0.25, -0.2) is 0 Å². The summed E-state index contributed by atoms with van der Waals surface area (Å²) in [6, 6.07) is 13.7. The third-order valence-electron chi connectivity index (χ3n) is 4.83. The molecule has 0 atom stereocenters. The van der Waals surface area contributed by atoms with Crippen molar-refractivity contribution in [1.29, 1.82) is 0 Å². The second-order valence-electron chi connectivity index (χ2n) is 6.79. The summed E-state index contributed by atoms with van der Waals surface area (Å²) in [6.45, 7) is 2.58. The highest BCUT2D eigenvalue weighted by Crippen LogP contribution is 2.30. The zero-order valence-corrected chi connectivity index (χ0v) is 15.9. The number of carbonyl (C=O) groups excluding carboxylic acids is 1. The highest BCUT2D eigenvalue weighted by Gasteiger charge is 2.12. The van der Waals surface area contributed by atoms with E-state index in [1.165, 1.54) is 0 Å². The maximum absolute atomic E-state index is 12.3. The topological polar surface area (TPSA) is 61.7 Å². The number of aromatic nitrogens is 1. The first-order chi connectivity index (χ1) is 13.7. The number of hydrogen-bond donors (Lipinski definition) is 1. The summed E-state index contributed by atoms with van der Waals surface area (Å²) in [5, 5.41) is 4.12. The molecule has 0 unspecified atom stereocenters. The zero-order valence-electron chi connectivity index (χ0n) is 15.9. The molecular formula is C22H24N2O4. The van der Waals surface area contributed by atoms with Crippen LogP contribution >= 0.6 is 0 Å². The van der Waals surface area contributed by atoms with Crippen molar-refractivity contribution in [3.05, 3.63) is 54.2 Å². The van der Waals surface area contributed by atoms with Crippen LogP contribution in [0, 0.1) is 0 Å². The summed E-state index contributed by atoms with van der Waals surface area (Å²) >= 11 is 0. The van der Waals surface area contributed by atoms with Gasteiger partial charge in [0.15, 0.2) is 11.5 Å². The van der Waals surface area contributed by atoms with Crippen molar-refractivity contribution < 1.29 is 19.0 Å². The van der Waals surface area contributed by atoms with Crippen molar-refractivity contribution in [2.75, 3.05) is 26.9 Å². The summed E-state index contributed by atoms with van der Waals surface area (Å²) in [7, 11) is 1.66. The molecule has 1 aliphatic rings. The summed E-state index contributed by atoms with van der Waals surface area (Å²) in [6.07, 6.45) is 3.21. The monoisotopic (exact) mass is 380 g/mol. The van der Waals surface area contributed by atoms with Gasteiger partial charge in [0.2, 0.25) is 5.91 Å². The predicted molar refractivity (Wildman–Crippen MR) is 107 cm³/mol. The first-order valence-electron chi connectivity index (χ1n) is 9.51. The Morgan fingerprint density at radius 1 is 1.11 bits per heavy atom. The van der Waals surface area contributed by atoms with Crippen LogP contribution in [0.5, 0.6) is 17.2 Å². The number of fused-ring (bicyclic) bond motifs is 2. The SMILES string of the molecule is COc1ccc2c(ccn2CCNC(=O)Cc2ccc3c(c2)OCCCO3)c1. The zero-order chi connectivity index (χ0) is 19.3. The van der Waals surface area contributed by atoms with E-state index in [-0.39, 0.29) is 5.91 Å². The van der Waals surface area contributed by atoms with E-state index in [1.54, 1.807) is 7.11 Å². The van der Waals surface area contributed by atoms with Crippen LogP contribution in [0.15, 0.2) is 48.7 Å². The Balaban J connectivity index is 1.32. The predicted octanol–water partition coefficient (Wildman–Crippen LogP) is 3.17. The standard InChI is InChI=1S/C22H24N2O4/c1-26-18-4-5-19-17(15-18)7-9-24(19)10-8-23-22(25)14-16-3-6-20-21(13-16)28-12-2-11-27-20/h3-7,9,13,15H,2,8,10-12,14H2,1H3,(H,23,25). The number of nitrogens with zero attached hydrogens (tertiary/aromatic N) is 1. The lowest BCUT2D eigenvalue weighted by Crippen LogP contribution is -2.28. The molecule has 6 heteroatoms. The van der Waals surface area contributed by atoms with E-state index in [4.69, 9.17) is 14.2 Å². The fraction of sp³-hybridized carbons (Fsp3) is 0.318. The molecule has 0 fully saturated rings. The Morgan fingerprint density at radius 3 is 2.82 bits per heavy atom. The molecule has 0 radical (unpaired) electrons. The quantitative estimate of drug-likeness (QED) is 0.714. The van der Waals surface area contributed by atoms with Crippen LogP contribution in [0.1, 0.15) is 12.0 Å². The molecule has 0 saturated carbocycles. The van der Waals surface area contributed by atoms with Gasteiger partial charge in [-0.05, 0) is 42.0 Å². The van der Waals surface area contributed by atoms with E-state index in [2.05, 4.69) is 16.0 Å². The average molecular weight is 380 g/mol. The van der Waals surface area contributed by atoms with Crippen LogP contribution in [0.25, 0.3) is 10.9 Å². The van der Waals surface area contributed by atoms with Crippen molar-refractivity contribution in [2.45, 2.75) is 19.4 Å². The van der Waals surface area contributed by atoms with Gasteiger partial charge in [-0.2, -0.15) is 0 Å². The molecule has 146 valence electrons. The number of nitrogens with one attached hydrogen (secondary N) is 1. The lowest BCUT2D eigenvalue weighted by molar-refractivity contribution is -0.120. The molecule has 3 aromatic rings. The van der Waals surface area contributed by atoms with Gasteiger partial charge in [-0.15, -0.1) is 0 Å². The molecule has 0 bridgehead atoms. The summed E-state index contributed by atoms with van der Waals surface area (Å²) < 4.78 is 18.7. The Hall–Kier alpha value is -3.15. The third-order valence-corrected chi connectivity index (χ3v) is 4.83. The molecule has 28 heavy (non-hydrogen) atoms. The molecule has 6 nitrogen and oxygen atoms in total. The normalized spacial score (nSPS) is 13.2. The molecule has 2 heterocycles. The Kier molecular flexibility index (Phi) is 5.37. The van der Waals surface area contributed by atoms with Crippen LogP contribution in [-0.4, -0.2) is 37.3 Å². The Bertz CT molecular complexity index is 980. The van der Waals surface area contributed by atoms with Crippen LogP contribution in [0.4, 0.5) is 0 Å². The molecule has 1 aromatic heterocycles. The van der Waals surface area contributed by atoms with E-state index in [1.807, 2.05) is 42.6 Å². The van der Waals surface area contributed by atoms with E-state index in [0.717, 1.165) is 40.1 Å². The van der Waals surface area contributed by atoms with E-state index < -0.39 is 0 Å². The second kappa shape index (κ2) is 8.25. The molecule has 0 saturated heterocycles. The van der Waals surface area contributed by atoms with E-state index in [0.29, 0.717) is 32.7 Å². The van der Waals surface area contributed by atoms with Crippen LogP contribution in [-0.2, 0) is 17.8 Å². The lowest BCUT2D eigenvalue weighted by atomic mass is 10.1. The first kappa shape index (κ1) is 18.2. The molecule has 2 aromatic carbocycles. The molecular weight excluding hydrogens is 356 g/mol. The number of hydrogen-bond acceptors (Lipinski definition) is 4. The number of benzene rings is 2. The van der Waals surface area contributed by atoms with Gasteiger partial charge in [0.25, 0.3) is 0 Å². The number of carbonyl (C=O) groups is 1. The molecule has 1 N–H and O–H groups in total. The fourth-order valence-electron chi connectivity index (χ4n) is 3.38. The van der Waals surface area contributed by atoms with Crippen LogP contribution in [0.3, 0.4) is 0 Å². The Morgan fingerprint density at radius 2 is 1.96 bits per heavy atom. The number of amides is 1. The number of methoxy groups -OCH3 is 1. The molecule has 0 spiro atoms. The van der Waals surface area contributed by atoms with E-state index >= 15 is 0 Å². The molecule has 0 aliphatic carbocycles. The lowest BCUT2D eigenvalue weighted by Gasteiger charge is -2.10. The highest BCUT2D eigenvalue weighted by atomic mass is 16.5. The smallest absolute Gasteiger partial charge is 0.224 e. The van der Waals surface area contributed by atoms with Crippen LogP contribution in [0.2, 0.25) is 0 Å². The summed E-state index contributed by atoms with van der Waals surface area (Å²) in [4.78, 5) is 12.3. The highest BCUT2D eigenvalue weighted by molar-refractivity contribution is 5.82. The van der Waals surface area contributed by atoms with Crippen molar-refractivity contribution in [1.82, 2.24) is 9.88 Å². The van der Waals surface area contributed by atoms with Gasteiger partial charge >= 0.3 is 0 Å². The minimum atomic E-state index is -0.00683. The van der Waals surface area contributed by atoms with Gasteiger partial charge in [-0.3, -0.25) is 4.79 Å². The number of ether oxygens (including phenoxy) is 3. The van der Waals surface area contributed by atoms with Gasteiger partial charge in [0.1, 0.15) is 5.75 Å². The third kappa shape index (κ3) is 4.06. The second-order valence-corrected chi connectivity index (χ2v) is 6.79. The minimum Gasteiger partial charge on any atom is -0.497 e. The molecule has 4 rings (SSSR count). The van der Waals surface area contributed by atoms with Gasteiger partial charge in [-0.1, -0.05) is 6.07 Å². The van der Waals surface area contributed by atoms with E-state index in [9.17, 15) is 4.79 Å². The van der Waals surface area contributed by atoms with Crippen molar-refractivity contribution in [3.8, 4) is 17.2 Å². The fourth-order valence-corrected chi connectivity index (χ4v) is 3.38. The maximum Gasteiger partial charge on any atom is 0.224 e. The molecule has 1 aliphatic heterocycles. The van der Waals surface area contributed by atoms with Crippen molar-refractivity contribution in [3.63, 3.8) is 0 Å². The van der Waals surface area contributed by atoms with Gasteiger partial charge < -0.3 is 24.1 Å². The van der Waals surface area contributed by atoms with Crippen molar-refractivity contribution >= 4 is 16.8 Å².